The Morgan fingerprint density at radius 2 is 2.04 bits per heavy atom. The van der Waals surface area contributed by atoms with E-state index in [1.54, 1.807) is 24.4 Å². The molecule has 0 unspecified atom stereocenters. The molecule has 0 saturated carbocycles. The van der Waals surface area contributed by atoms with E-state index in [2.05, 4.69) is 20.4 Å². The predicted molar refractivity (Wildman–Crippen MR) is 83.5 cm³/mol. The Bertz CT molecular complexity index is 802. The Balaban J connectivity index is 1.91. The van der Waals surface area contributed by atoms with Crippen LogP contribution in [0.25, 0.3) is 23.0 Å². The Kier molecular flexibility index (Phi) is 4.39. The van der Waals surface area contributed by atoms with Crippen LogP contribution in [0.4, 0.5) is 5.69 Å². The van der Waals surface area contributed by atoms with Gasteiger partial charge in [0.15, 0.2) is 0 Å². The normalized spacial score (nSPS) is 10.5. The van der Waals surface area contributed by atoms with E-state index in [9.17, 15) is 4.79 Å². The monoisotopic (exact) mass is 310 g/mol. The number of nitrogens with one attached hydrogen (secondary N) is 1. The number of amides is 1. The SMILES string of the molecule is COCC(=O)Nc1ccccc1-c1nc(-c2ccccn2)no1. The zero-order valence-corrected chi connectivity index (χ0v) is 12.4. The molecular formula is C16H14N4O3. The molecule has 0 spiro atoms. The van der Waals surface area contributed by atoms with Gasteiger partial charge < -0.3 is 14.6 Å². The summed E-state index contributed by atoms with van der Waals surface area (Å²) in [4.78, 5) is 20.2. The molecule has 0 bridgehead atoms. The molecule has 0 aliphatic carbocycles. The zero-order valence-electron chi connectivity index (χ0n) is 12.4. The number of hydrogen-bond acceptors (Lipinski definition) is 6. The van der Waals surface area contributed by atoms with Crippen LogP contribution in [0.15, 0.2) is 53.2 Å². The van der Waals surface area contributed by atoms with Crippen LogP contribution in [0.1, 0.15) is 0 Å². The fourth-order valence-electron chi connectivity index (χ4n) is 2.03. The van der Waals surface area contributed by atoms with Gasteiger partial charge in [-0.3, -0.25) is 9.78 Å². The number of methoxy groups -OCH3 is 1. The minimum Gasteiger partial charge on any atom is -0.375 e. The maximum absolute atomic E-state index is 11.7. The highest BCUT2D eigenvalue weighted by Gasteiger charge is 2.15. The van der Waals surface area contributed by atoms with E-state index in [1.807, 2.05) is 24.3 Å². The number of aromatic nitrogens is 3. The topological polar surface area (TPSA) is 90.1 Å². The quantitative estimate of drug-likeness (QED) is 0.778. The summed E-state index contributed by atoms with van der Waals surface area (Å²) < 4.78 is 10.1. The fourth-order valence-corrected chi connectivity index (χ4v) is 2.03. The Labute approximate surface area is 132 Å². The van der Waals surface area contributed by atoms with Gasteiger partial charge in [-0.05, 0) is 24.3 Å². The van der Waals surface area contributed by atoms with Crippen LogP contribution in [0, 0.1) is 0 Å². The molecule has 7 heteroatoms. The summed E-state index contributed by atoms with van der Waals surface area (Å²) in [5.41, 5.74) is 1.82. The second-order valence-electron chi connectivity index (χ2n) is 4.66. The molecule has 0 fully saturated rings. The van der Waals surface area contributed by atoms with E-state index < -0.39 is 0 Å². The molecule has 3 aromatic rings. The molecule has 7 nitrogen and oxygen atoms in total. The Hall–Kier alpha value is -3.06. The molecule has 0 aliphatic rings. The minimum atomic E-state index is -0.260. The van der Waals surface area contributed by atoms with Crippen LogP contribution < -0.4 is 5.32 Å². The fraction of sp³-hybridized carbons (Fsp3) is 0.125. The first kappa shape index (κ1) is 14.9. The number of ether oxygens (including phenoxy) is 1. The average molecular weight is 310 g/mol. The highest BCUT2D eigenvalue weighted by molar-refractivity contribution is 5.95. The molecule has 3 rings (SSSR count). The van der Waals surface area contributed by atoms with E-state index in [1.165, 1.54) is 7.11 Å². The molecule has 116 valence electrons. The van der Waals surface area contributed by atoms with Crippen LogP contribution in [0.3, 0.4) is 0 Å². The summed E-state index contributed by atoms with van der Waals surface area (Å²) in [6, 6.07) is 12.6. The summed E-state index contributed by atoms with van der Waals surface area (Å²) in [7, 11) is 1.46. The van der Waals surface area contributed by atoms with Crippen LogP contribution in [0.5, 0.6) is 0 Å². The van der Waals surface area contributed by atoms with Crippen LogP contribution >= 0.6 is 0 Å². The second-order valence-corrected chi connectivity index (χ2v) is 4.66. The van der Waals surface area contributed by atoms with E-state index >= 15 is 0 Å². The number of carbonyl (C=O) groups is 1. The standard InChI is InChI=1S/C16H14N4O3/c1-22-10-14(21)18-12-7-3-2-6-11(12)16-19-15(20-23-16)13-8-4-5-9-17-13/h2-9H,10H2,1H3,(H,18,21). The smallest absolute Gasteiger partial charge is 0.260 e. The highest BCUT2D eigenvalue weighted by Crippen LogP contribution is 2.27. The van der Waals surface area contributed by atoms with Gasteiger partial charge in [0.05, 0.1) is 11.3 Å². The largest absolute Gasteiger partial charge is 0.375 e. The predicted octanol–water partition coefficient (Wildman–Crippen LogP) is 2.38. The van der Waals surface area contributed by atoms with Gasteiger partial charge in [0.1, 0.15) is 12.3 Å². The van der Waals surface area contributed by atoms with Gasteiger partial charge in [-0.25, -0.2) is 0 Å². The van der Waals surface area contributed by atoms with Crippen molar-refractivity contribution in [2.75, 3.05) is 19.0 Å². The van der Waals surface area contributed by atoms with Crippen molar-refractivity contribution in [2.24, 2.45) is 0 Å². The number of benzene rings is 1. The average Bonchev–Trinajstić information content (AvgIpc) is 3.06. The van der Waals surface area contributed by atoms with E-state index in [4.69, 9.17) is 9.26 Å². The van der Waals surface area contributed by atoms with Crippen molar-refractivity contribution in [1.82, 2.24) is 15.1 Å². The van der Waals surface area contributed by atoms with Gasteiger partial charge in [-0.15, -0.1) is 0 Å². The van der Waals surface area contributed by atoms with Crippen molar-refractivity contribution in [2.45, 2.75) is 0 Å². The van der Waals surface area contributed by atoms with Crippen LogP contribution in [0.2, 0.25) is 0 Å². The molecule has 1 aromatic carbocycles. The van der Waals surface area contributed by atoms with Crippen molar-refractivity contribution < 1.29 is 14.1 Å². The Morgan fingerprint density at radius 3 is 2.83 bits per heavy atom. The van der Waals surface area contributed by atoms with Gasteiger partial charge in [-0.1, -0.05) is 23.4 Å². The van der Waals surface area contributed by atoms with E-state index in [0.29, 0.717) is 28.7 Å². The van der Waals surface area contributed by atoms with Crippen molar-refractivity contribution in [3.63, 3.8) is 0 Å². The minimum absolute atomic E-state index is 0.0304. The number of anilines is 1. The summed E-state index contributed by atoms with van der Waals surface area (Å²) in [6.45, 7) is -0.0304. The summed E-state index contributed by atoms with van der Waals surface area (Å²) in [5.74, 6) is 0.432. The number of para-hydroxylation sites is 1. The molecule has 1 amide bonds. The van der Waals surface area contributed by atoms with Crippen molar-refractivity contribution >= 4 is 11.6 Å². The number of rotatable bonds is 5. The molecule has 0 radical (unpaired) electrons. The first-order valence-electron chi connectivity index (χ1n) is 6.91. The third-order valence-corrected chi connectivity index (χ3v) is 3.03. The van der Waals surface area contributed by atoms with Gasteiger partial charge >= 0.3 is 0 Å². The molecule has 0 saturated heterocycles. The number of hydrogen-bond donors (Lipinski definition) is 1. The summed E-state index contributed by atoms with van der Waals surface area (Å²) in [6.07, 6.45) is 1.66. The number of carbonyl (C=O) groups excluding carboxylic acids is 1. The second kappa shape index (κ2) is 6.80. The van der Waals surface area contributed by atoms with Crippen LogP contribution in [-0.2, 0) is 9.53 Å². The van der Waals surface area contributed by atoms with Gasteiger partial charge in [-0.2, -0.15) is 4.98 Å². The molecule has 2 heterocycles. The molecule has 23 heavy (non-hydrogen) atoms. The van der Waals surface area contributed by atoms with Crippen molar-refractivity contribution in [1.29, 1.82) is 0 Å². The third-order valence-electron chi connectivity index (χ3n) is 3.03. The highest BCUT2D eigenvalue weighted by atomic mass is 16.5. The summed E-state index contributed by atoms with van der Waals surface area (Å²) in [5, 5.41) is 6.69. The van der Waals surface area contributed by atoms with E-state index in [0.717, 1.165) is 0 Å². The number of pyridine rings is 1. The first-order chi connectivity index (χ1) is 11.3. The van der Waals surface area contributed by atoms with Gasteiger partial charge in [0.2, 0.25) is 11.7 Å². The van der Waals surface area contributed by atoms with Crippen LogP contribution in [-0.4, -0.2) is 34.7 Å². The lowest BCUT2D eigenvalue weighted by atomic mass is 10.1. The molecule has 0 aliphatic heterocycles. The summed E-state index contributed by atoms with van der Waals surface area (Å²) >= 11 is 0. The first-order valence-corrected chi connectivity index (χ1v) is 6.91. The lowest BCUT2D eigenvalue weighted by Crippen LogP contribution is -2.17. The molecular weight excluding hydrogens is 296 g/mol. The van der Waals surface area contributed by atoms with Gasteiger partial charge in [0, 0.05) is 13.3 Å². The Morgan fingerprint density at radius 1 is 1.22 bits per heavy atom. The number of nitrogens with zero attached hydrogens (tertiary/aromatic N) is 3. The lowest BCUT2D eigenvalue weighted by molar-refractivity contribution is -0.119. The lowest BCUT2D eigenvalue weighted by Gasteiger charge is -2.07. The molecule has 2 aromatic heterocycles. The molecule has 1 N–H and O–H groups in total. The van der Waals surface area contributed by atoms with Gasteiger partial charge in [0.25, 0.3) is 5.89 Å². The maximum Gasteiger partial charge on any atom is 0.260 e. The third kappa shape index (κ3) is 3.41. The zero-order chi connectivity index (χ0) is 16.1. The maximum atomic E-state index is 11.7. The van der Waals surface area contributed by atoms with Crippen molar-refractivity contribution in [3.05, 3.63) is 48.7 Å². The van der Waals surface area contributed by atoms with E-state index in [-0.39, 0.29) is 12.5 Å². The van der Waals surface area contributed by atoms with Crippen molar-refractivity contribution in [3.8, 4) is 23.0 Å². The molecule has 0 atom stereocenters.